The van der Waals surface area contributed by atoms with Crippen molar-refractivity contribution in [2.24, 2.45) is 0 Å². The molecule has 0 bridgehead atoms. The molecule has 0 aliphatic heterocycles. The number of nitrogens with zero attached hydrogens (tertiary/aromatic N) is 1. The smallest absolute Gasteiger partial charge is 0.339 e. The Bertz CT molecular complexity index is 644. The van der Waals surface area contributed by atoms with Crippen molar-refractivity contribution in [2.45, 2.75) is 20.8 Å². The zero-order valence-electron chi connectivity index (χ0n) is 11.4. The van der Waals surface area contributed by atoms with Crippen LogP contribution in [-0.4, -0.2) is 28.4 Å². The Balaban J connectivity index is 2.66. The van der Waals surface area contributed by atoms with E-state index >= 15 is 0 Å². The van der Waals surface area contributed by atoms with Gasteiger partial charge in [0.25, 0.3) is 0 Å². The number of hydrogen-bond donors (Lipinski definition) is 2. The van der Waals surface area contributed by atoms with Crippen LogP contribution < -0.4 is 4.74 Å². The molecule has 0 aliphatic rings. The predicted molar refractivity (Wildman–Crippen MR) is 71.7 cm³/mol. The number of carboxylic acid groups (broad SMARTS) is 1. The first-order chi connectivity index (χ1) is 8.95. The van der Waals surface area contributed by atoms with Crippen LogP contribution in [0.1, 0.15) is 27.2 Å². The molecule has 0 fully saturated rings. The minimum Gasteiger partial charge on any atom is -0.496 e. The highest BCUT2D eigenvalue weighted by Gasteiger charge is 2.20. The summed E-state index contributed by atoms with van der Waals surface area (Å²) in [5.41, 5.74) is 3.91. The third kappa shape index (κ3) is 2.19. The highest BCUT2D eigenvalue weighted by atomic mass is 16.5. The van der Waals surface area contributed by atoms with Crippen LogP contribution in [-0.2, 0) is 0 Å². The van der Waals surface area contributed by atoms with E-state index in [0.29, 0.717) is 11.4 Å². The highest BCUT2D eigenvalue weighted by Crippen LogP contribution is 2.31. The number of aryl methyl sites for hydroxylation is 3. The maximum absolute atomic E-state index is 11.3. The summed E-state index contributed by atoms with van der Waals surface area (Å²) < 4.78 is 5.26. The Kier molecular flexibility index (Phi) is 3.29. The van der Waals surface area contributed by atoms with Gasteiger partial charge < -0.3 is 9.84 Å². The van der Waals surface area contributed by atoms with E-state index in [0.717, 1.165) is 22.4 Å². The second kappa shape index (κ2) is 4.76. The summed E-state index contributed by atoms with van der Waals surface area (Å²) >= 11 is 0. The summed E-state index contributed by atoms with van der Waals surface area (Å²) in [6, 6.07) is 3.79. The largest absolute Gasteiger partial charge is 0.496 e. The van der Waals surface area contributed by atoms with E-state index in [9.17, 15) is 9.90 Å². The second-order valence-electron chi connectivity index (χ2n) is 4.51. The van der Waals surface area contributed by atoms with Crippen LogP contribution in [0.4, 0.5) is 0 Å². The van der Waals surface area contributed by atoms with E-state index in [2.05, 4.69) is 10.2 Å². The van der Waals surface area contributed by atoms with Crippen molar-refractivity contribution in [2.75, 3.05) is 7.11 Å². The van der Waals surface area contributed by atoms with Crippen molar-refractivity contribution in [3.8, 4) is 17.0 Å². The van der Waals surface area contributed by atoms with E-state index in [4.69, 9.17) is 4.74 Å². The summed E-state index contributed by atoms with van der Waals surface area (Å²) in [6.07, 6.45) is 0. The standard InChI is InChI=1S/C14H16N2O3/c1-7-6-11(19-4)8(2)5-10(7)13-12(14(17)18)9(3)15-16-13/h5-6H,1-4H3,(H,15,16)(H,17,18). The van der Waals surface area contributed by atoms with Gasteiger partial charge >= 0.3 is 5.97 Å². The number of rotatable bonds is 3. The Morgan fingerprint density at radius 1 is 1.26 bits per heavy atom. The summed E-state index contributed by atoms with van der Waals surface area (Å²) in [7, 11) is 1.61. The minimum atomic E-state index is -0.978. The number of aromatic carboxylic acids is 1. The molecule has 1 aromatic carbocycles. The molecule has 0 atom stereocenters. The number of methoxy groups -OCH3 is 1. The first-order valence-electron chi connectivity index (χ1n) is 5.89. The lowest BCUT2D eigenvalue weighted by molar-refractivity contribution is 0.0697. The van der Waals surface area contributed by atoms with Crippen molar-refractivity contribution in [1.82, 2.24) is 10.2 Å². The van der Waals surface area contributed by atoms with Crippen LogP contribution in [0.3, 0.4) is 0 Å². The number of H-pyrrole nitrogens is 1. The van der Waals surface area contributed by atoms with Crippen molar-refractivity contribution < 1.29 is 14.6 Å². The number of carboxylic acids is 1. The normalized spacial score (nSPS) is 10.5. The van der Waals surface area contributed by atoms with Gasteiger partial charge in [0.15, 0.2) is 0 Å². The van der Waals surface area contributed by atoms with E-state index in [1.54, 1.807) is 14.0 Å². The lowest BCUT2D eigenvalue weighted by Gasteiger charge is -2.10. The van der Waals surface area contributed by atoms with Gasteiger partial charge in [0, 0.05) is 11.3 Å². The summed E-state index contributed by atoms with van der Waals surface area (Å²) in [6.45, 7) is 5.53. The molecule has 0 unspecified atom stereocenters. The third-order valence-electron chi connectivity index (χ3n) is 3.16. The average molecular weight is 260 g/mol. The van der Waals surface area contributed by atoms with Crippen LogP contribution >= 0.6 is 0 Å². The Morgan fingerprint density at radius 2 is 1.95 bits per heavy atom. The van der Waals surface area contributed by atoms with Gasteiger partial charge in [-0.2, -0.15) is 5.10 Å². The maximum Gasteiger partial charge on any atom is 0.339 e. The molecular weight excluding hydrogens is 244 g/mol. The molecule has 1 heterocycles. The topological polar surface area (TPSA) is 75.2 Å². The summed E-state index contributed by atoms with van der Waals surface area (Å²) in [5, 5.41) is 16.1. The summed E-state index contributed by atoms with van der Waals surface area (Å²) in [4.78, 5) is 11.3. The molecule has 0 amide bonds. The maximum atomic E-state index is 11.3. The molecule has 0 radical (unpaired) electrons. The van der Waals surface area contributed by atoms with Gasteiger partial charge in [-0.05, 0) is 44.0 Å². The lowest BCUT2D eigenvalue weighted by atomic mass is 9.98. The van der Waals surface area contributed by atoms with Gasteiger partial charge in [0.05, 0.1) is 7.11 Å². The zero-order chi connectivity index (χ0) is 14.2. The van der Waals surface area contributed by atoms with E-state index in [1.165, 1.54) is 0 Å². The molecule has 1 aromatic heterocycles. The molecule has 0 spiro atoms. The van der Waals surface area contributed by atoms with Crippen molar-refractivity contribution >= 4 is 5.97 Å². The number of carbonyl (C=O) groups is 1. The first-order valence-corrected chi connectivity index (χ1v) is 5.89. The number of ether oxygens (including phenoxy) is 1. The number of benzene rings is 1. The third-order valence-corrected chi connectivity index (χ3v) is 3.16. The Hall–Kier alpha value is -2.30. The molecular formula is C14H16N2O3. The number of aromatic nitrogens is 2. The van der Waals surface area contributed by atoms with Gasteiger partial charge in [-0.15, -0.1) is 0 Å². The monoisotopic (exact) mass is 260 g/mol. The van der Waals surface area contributed by atoms with E-state index in [1.807, 2.05) is 26.0 Å². The Morgan fingerprint density at radius 3 is 2.53 bits per heavy atom. The molecule has 19 heavy (non-hydrogen) atoms. The molecule has 5 nitrogen and oxygen atoms in total. The van der Waals surface area contributed by atoms with E-state index < -0.39 is 5.97 Å². The fourth-order valence-electron chi connectivity index (χ4n) is 2.15. The highest BCUT2D eigenvalue weighted by molar-refractivity contribution is 5.96. The first kappa shape index (κ1) is 13.1. The van der Waals surface area contributed by atoms with Crippen molar-refractivity contribution in [3.05, 3.63) is 34.5 Å². The Labute approximate surface area is 111 Å². The number of hydrogen-bond acceptors (Lipinski definition) is 3. The average Bonchev–Trinajstić information content (AvgIpc) is 2.73. The molecule has 2 aromatic rings. The van der Waals surface area contributed by atoms with E-state index in [-0.39, 0.29) is 5.56 Å². The number of aromatic amines is 1. The SMILES string of the molecule is COc1cc(C)c(-c2n[nH]c(C)c2C(=O)O)cc1C. The molecule has 0 aliphatic carbocycles. The molecule has 5 heteroatoms. The van der Waals surface area contributed by atoms with Crippen molar-refractivity contribution in [1.29, 1.82) is 0 Å². The van der Waals surface area contributed by atoms with Crippen LogP contribution in [0.2, 0.25) is 0 Å². The van der Waals surface area contributed by atoms with Gasteiger partial charge in [-0.1, -0.05) is 0 Å². The van der Waals surface area contributed by atoms with Crippen LogP contribution in [0.25, 0.3) is 11.3 Å². The van der Waals surface area contributed by atoms with Crippen molar-refractivity contribution in [3.63, 3.8) is 0 Å². The molecule has 2 rings (SSSR count). The lowest BCUT2D eigenvalue weighted by Crippen LogP contribution is -2.00. The fourth-order valence-corrected chi connectivity index (χ4v) is 2.15. The molecule has 100 valence electrons. The minimum absolute atomic E-state index is 0.215. The summed E-state index contributed by atoms with van der Waals surface area (Å²) in [5.74, 6) is -0.195. The van der Waals surface area contributed by atoms with Gasteiger partial charge in [-0.25, -0.2) is 4.79 Å². The molecule has 0 saturated carbocycles. The molecule has 2 N–H and O–H groups in total. The van der Waals surface area contributed by atoms with Crippen LogP contribution in [0, 0.1) is 20.8 Å². The van der Waals surface area contributed by atoms with Gasteiger partial charge in [0.1, 0.15) is 17.0 Å². The zero-order valence-corrected chi connectivity index (χ0v) is 11.4. The predicted octanol–water partition coefficient (Wildman–Crippen LogP) is 2.71. The second-order valence-corrected chi connectivity index (χ2v) is 4.51. The van der Waals surface area contributed by atoms with Gasteiger partial charge in [-0.3, -0.25) is 5.10 Å². The van der Waals surface area contributed by atoms with Gasteiger partial charge in [0.2, 0.25) is 0 Å². The van der Waals surface area contributed by atoms with Crippen LogP contribution in [0.15, 0.2) is 12.1 Å². The van der Waals surface area contributed by atoms with Crippen LogP contribution in [0.5, 0.6) is 5.75 Å². The fraction of sp³-hybridized carbons (Fsp3) is 0.286. The quantitative estimate of drug-likeness (QED) is 0.889. The molecule has 0 saturated heterocycles. The number of nitrogens with one attached hydrogen (secondary N) is 1.